The predicted octanol–water partition coefficient (Wildman–Crippen LogP) is 2.76. The van der Waals surface area contributed by atoms with Crippen LogP contribution in [0.25, 0.3) is 0 Å². The molecule has 2 atom stereocenters. The number of nitrogens with one attached hydrogen (secondary N) is 1. The maximum absolute atomic E-state index is 12.2. The van der Waals surface area contributed by atoms with E-state index in [0.29, 0.717) is 19.3 Å². The van der Waals surface area contributed by atoms with E-state index in [0.717, 1.165) is 49.1 Å². The second-order valence-electron chi connectivity index (χ2n) is 6.41. The molecule has 1 heterocycles. The molecule has 2 rings (SSSR count). The van der Waals surface area contributed by atoms with Gasteiger partial charge in [0.2, 0.25) is 5.91 Å². The first kappa shape index (κ1) is 17.5. The molecule has 0 radical (unpaired) electrons. The van der Waals surface area contributed by atoms with Crippen molar-refractivity contribution in [1.82, 2.24) is 10.5 Å². The predicted molar refractivity (Wildman–Crippen MR) is 85.1 cm³/mol. The van der Waals surface area contributed by atoms with Gasteiger partial charge in [-0.15, -0.1) is 0 Å². The molecule has 128 valence electrons. The molecule has 6 heteroatoms. The van der Waals surface area contributed by atoms with E-state index in [-0.39, 0.29) is 11.9 Å². The number of carboxylic acid groups (broad SMARTS) is 1. The van der Waals surface area contributed by atoms with Crippen LogP contribution in [0.1, 0.15) is 62.0 Å². The average Bonchev–Trinajstić information content (AvgIpc) is 2.78. The van der Waals surface area contributed by atoms with Crippen LogP contribution in [0.5, 0.6) is 0 Å². The summed E-state index contributed by atoms with van der Waals surface area (Å²) in [5.74, 6) is -0.632. The number of aromatic nitrogens is 1. The van der Waals surface area contributed by atoms with Gasteiger partial charge in [-0.25, -0.2) is 0 Å². The van der Waals surface area contributed by atoms with Crippen molar-refractivity contribution >= 4 is 11.9 Å². The van der Waals surface area contributed by atoms with Crippen molar-refractivity contribution in [3.05, 3.63) is 17.0 Å². The molecule has 0 aliphatic heterocycles. The van der Waals surface area contributed by atoms with Gasteiger partial charge in [0.25, 0.3) is 0 Å². The maximum atomic E-state index is 12.2. The van der Waals surface area contributed by atoms with Crippen LogP contribution in [0.3, 0.4) is 0 Å². The van der Waals surface area contributed by atoms with Gasteiger partial charge in [-0.1, -0.05) is 30.8 Å². The van der Waals surface area contributed by atoms with Crippen molar-refractivity contribution in [3.63, 3.8) is 0 Å². The minimum absolute atomic E-state index is 0.0955. The Morgan fingerprint density at radius 1 is 1.22 bits per heavy atom. The lowest BCUT2D eigenvalue weighted by atomic mass is 9.86. The number of carbonyl (C=O) groups excluding carboxylic acids is 1. The van der Waals surface area contributed by atoms with E-state index in [2.05, 4.69) is 10.5 Å². The Morgan fingerprint density at radius 3 is 2.52 bits per heavy atom. The summed E-state index contributed by atoms with van der Waals surface area (Å²) < 4.78 is 5.10. The van der Waals surface area contributed by atoms with Crippen LogP contribution in [0, 0.1) is 19.8 Å². The molecule has 0 bridgehead atoms. The highest BCUT2D eigenvalue weighted by molar-refractivity contribution is 5.78. The highest BCUT2D eigenvalue weighted by atomic mass is 16.5. The first-order valence-electron chi connectivity index (χ1n) is 8.43. The number of hydrogen-bond acceptors (Lipinski definition) is 4. The van der Waals surface area contributed by atoms with Crippen molar-refractivity contribution < 1.29 is 19.2 Å². The van der Waals surface area contributed by atoms with Crippen LogP contribution in [0.2, 0.25) is 0 Å². The summed E-state index contributed by atoms with van der Waals surface area (Å²) in [6, 6.07) is -0.259. The summed E-state index contributed by atoms with van der Waals surface area (Å²) in [6.07, 6.45) is 6.36. The molecule has 0 saturated heterocycles. The molecular formula is C17H26N2O4. The first-order valence-corrected chi connectivity index (χ1v) is 8.43. The van der Waals surface area contributed by atoms with Gasteiger partial charge >= 0.3 is 5.97 Å². The largest absolute Gasteiger partial charge is 0.481 e. The van der Waals surface area contributed by atoms with Gasteiger partial charge in [0.1, 0.15) is 5.76 Å². The zero-order chi connectivity index (χ0) is 16.8. The summed E-state index contributed by atoms with van der Waals surface area (Å²) in [5, 5.41) is 16.3. The van der Waals surface area contributed by atoms with E-state index in [4.69, 9.17) is 4.52 Å². The molecule has 23 heavy (non-hydrogen) atoms. The Bertz CT molecular complexity index is 533. The molecule has 2 N–H and O–H groups in total. The Labute approximate surface area is 136 Å². The summed E-state index contributed by atoms with van der Waals surface area (Å²) in [4.78, 5) is 23.7. The number of rotatable bonds is 5. The van der Waals surface area contributed by atoms with Crippen LogP contribution in [0.4, 0.5) is 0 Å². The summed E-state index contributed by atoms with van der Waals surface area (Å²) >= 11 is 0. The number of carboxylic acids is 1. The van der Waals surface area contributed by atoms with Crippen molar-refractivity contribution in [2.75, 3.05) is 0 Å². The van der Waals surface area contributed by atoms with Crippen LogP contribution < -0.4 is 5.32 Å². The summed E-state index contributed by atoms with van der Waals surface area (Å²) in [7, 11) is 0. The lowest BCUT2D eigenvalue weighted by Crippen LogP contribution is -2.44. The van der Waals surface area contributed by atoms with Gasteiger partial charge < -0.3 is 14.9 Å². The molecule has 1 saturated carbocycles. The number of aliphatic carboxylic acids is 1. The van der Waals surface area contributed by atoms with Crippen molar-refractivity contribution in [1.29, 1.82) is 0 Å². The quantitative estimate of drug-likeness (QED) is 0.869. The Balaban J connectivity index is 1.92. The van der Waals surface area contributed by atoms with Gasteiger partial charge in [0.05, 0.1) is 11.6 Å². The molecule has 0 aromatic carbocycles. The fourth-order valence-electron chi connectivity index (χ4n) is 3.33. The minimum atomic E-state index is -0.803. The monoisotopic (exact) mass is 322 g/mol. The molecule has 1 aliphatic rings. The zero-order valence-corrected chi connectivity index (χ0v) is 13.9. The number of amides is 1. The highest BCUT2D eigenvalue weighted by Gasteiger charge is 2.29. The molecule has 6 nitrogen and oxygen atoms in total. The minimum Gasteiger partial charge on any atom is -0.481 e. The summed E-state index contributed by atoms with van der Waals surface area (Å²) in [5.41, 5.74) is 1.78. The fraction of sp³-hybridized carbons (Fsp3) is 0.706. The van der Waals surface area contributed by atoms with Crippen LogP contribution >= 0.6 is 0 Å². The van der Waals surface area contributed by atoms with Crippen molar-refractivity contribution in [2.45, 2.75) is 71.3 Å². The Kier molecular flexibility index (Phi) is 6.19. The van der Waals surface area contributed by atoms with Gasteiger partial charge in [-0.2, -0.15) is 0 Å². The van der Waals surface area contributed by atoms with E-state index >= 15 is 0 Å². The molecule has 1 fully saturated rings. The standard InChI is InChI=1S/C17H26N2O4/c1-11-13(12(2)23-19-11)9-10-16(20)18-15-8-6-4-3-5-7-14(15)17(21)22/h14-15H,3-10H2,1-2H3,(H,18,20)(H,21,22). The molecule has 1 aromatic heterocycles. The van der Waals surface area contributed by atoms with E-state index in [9.17, 15) is 14.7 Å². The van der Waals surface area contributed by atoms with E-state index in [1.165, 1.54) is 0 Å². The smallest absolute Gasteiger partial charge is 0.308 e. The molecule has 2 unspecified atom stereocenters. The van der Waals surface area contributed by atoms with Crippen LogP contribution in [-0.2, 0) is 16.0 Å². The number of hydrogen-bond donors (Lipinski definition) is 2. The molecule has 0 spiro atoms. The Morgan fingerprint density at radius 2 is 1.91 bits per heavy atom. The number of carbonyl (C=O) groups is 2. The van der Waals surface area contributed by atoms with E-state index in [1.807, 2.05) is 13.8 Å². The molecule has 1 aliphatic carbocycles. The van der Waals surface area contributed by atoms with E-state index in [1.54, 1.807) is 0 Å². The maximum Gasteiger partial charge on any atom is 0.308 e. The number of aryl methyl sites for hydroxylation is 2. The normalized spacial score (nSPS) is 22.2. The van der Waals surface area contributed by atoms with E-state index < -0.39 is 11.9 Å². The topological polar surface area (TPSA) is 92.4 Å². The van der Waals surface area contributed by atoms with Crippen LogP contribution in [0.15, 0.2) is 4.52 Å². The van der Waals surface area contributed by atoms with Crippen molar-refractivity contribution in [3.8, 4) is 0 Å². The molecule has 1 aromatic rings. The molecule has 1 amide bonds. The second kappa shape index (κ2) is 8.13. The second-order valence-corrected chi connectivity index (χ2v) is 6.41. The zero-order valence-electron chi connectivity index (χ0n) is 13.9. The average molecular weight is 322 g/mol. The lowest BCUT2D eigenvalue weighted by molar-refractivity contribution is -0.143. The Hall–Kier alpha value is -1.85. The van der Waals surface area contributed by atoms with Crippen molar-refractivity contribution in [2.24, 2.45) is 5.92 Å². The fourth-order valence-corrected chi connectivity index (χ4v) is 3.33. The SMILES string of the molecule is Cc1noc(C)c1CCC(=O)NC1CCCCCCC1C(=O)O. The van der Waals surface area contributed by atoms with Gasteiger partial charge in [0.15, 0.2) is 0 Å². The lowest BCUT2D eigenvalue weighted by Gasteiger charge is -2.27. The van der Waals surface area contributed by atoms with Gasteiger partial charge in [0, 0.05) is 18.0 Å². The third-order valence-electron chi connectivity index (χ3n) is 4.71. The first-order chi connectivity index (χ1) is 11.0. The third-order valence-corrected chi connectivity index (χ3v) is 4.71. The third kappa shape index (κ3) is 4.81. The highest BCUT2D eigenvalue weighted by Crippen LogP contribution is 2.23. The van der Waals surface area contributed by atoms with Crippen LogP contribution in [-0.4, -0.2) is 28.2 Å². The number of nitrogens with zero attached hydrogens (tertiary/aromatic N) is 1. The molecular weight excluding hydrogens is 296 g/mol. The summed E-state index contributed by atoms with van der Waals surface area (Å²) in [6.45, 7) is 3.70. The van der Waals surface area contributed by atoms with Gasteiger partial charge in [-0.3, -0.25) is 9.59 Å². The van der Waals surface area contributed by atoms with Gasteiger partial charge in [-0.05, 0) is 33.1 Å².